The summed E-state index contributed by atoms with van der Waals surface area (Å²) in [6.07, 6.45) is 7.04. The van der Waals surface area contributed by atoms with E-state index in [1.807, 2.05) is 56.3 Å². The van der Waals surface area contributed by atoms with E-state index in [0.717, 1.165) is 33.8 Å². The Hall–Kier alpha value is -3.22. The van der Waals surface area contributed by atoms with E-state index in [-0.39, 0.29) is 18.2 Å². The molecule has 1 heterocycles. The fourth-order valence-corrected chi connectivity index (χ4v) is 2.86. The molecule has 0 saturated heterocycles. The normalized spacial score (nSPS) is 13.8. The summed E-state index contributed by atoms with van der Waals surface area (Å²) in [5.41, 5.74) is 5.39. The van der Waals surface area contributed by atoms with E-state index in [1.165, 1.54) is 6.20 Å². The minimum atomic E-state index is -0.130. The highest BCUT2D eigenvalue weighted by molar-refractivity contribution is 6.01. The van der Waals surface area contributed by atoms with Crippen LogP contribution in [0, 0.1) is 0 Å². The first-order chi connectivity index (χ1) is 14.4. The number of H-pyrrole nitrogens is 1. The molecular weight excluding hydrogens is 376 g/mol. The third-order valence-corrected chi connectivity index (χ3v) is 4.66. The van der Waals surface area contributed by atoms with Crippen molar-refractivity contribution in [2.45, 2.75) is 26.8 Å². The standard InChI is InChI=1S/C24H30N4O2/c1-5-25-19(4)23(11-6-17(2)21-12-13-27-24(30)16-21)28-22-9-7-20(8-10-22)18(3)26-14-15-29/h5-13,16,18,26,28-29H,1,14-15H2,2-4H3,(H,27,30)/b17-6+,23-11+,25-19+. The predicted molar refractivity (Wildman–Crippen MR) is 126 cm³/mol. The smallest absolute Gasteiger partial charge is 0.248 e. The zero-order valence-electron chi connectivity index (χ0n) is 17.8. The molecule has 0 radical (unpaired) electrons. The molecule has 158 valence electrons. The summed E-state index contributed by atoms with van der Waals surface area (Å²) in [6, 6.07) is 11.7. The number of hydrogen-bond acceptors (Lipinski definition) is 5. The van der Waals surface area contributed by atoms with Crippen molar-refractivity contribution in [3.05, 3.63) is 94.7 Å². The van der Waals surface area contributed by atoms with Crippen molar-refractivity contribution in [2.24, 2.45) is 4.99 Å². The van der Waals surface area contributed by atoms with E-state index in [0.29, 0.717) is 6.54 Å². The maximum Gasteiger partial charge on any atom is 0.248 e. The second kappa shape index (κ2) is 11.7. The molecule has 30 heavy (non-hydrogen) atoms. The summed E-state index contributed by atoms with van der Waals surface area (Å²) in [5.74, 6) is 0. The van der Waals surface area contributed by atoms with Crippen molar-refractivity contribution in [3.63, 3.8) is 0 Å². The third-order valence-electron chi connectivity index (χ3n) is 4.66. The van der Waals surface area contributed by atoms with Crippen molar-refractivity contribution < 1.29 is 5.11 Å². The average molecular weight is 407 g/mol. The first kappa shape index (κ1) is 23.1. The van der Waals surface area contributed by atoms with Gasteiger partial charge in [0.2, 0.25) is 5.56 Å². The lowest BCUT2D eigenvalue weighted by Crippen LogP contribution is -2.22. The number of aromatic nitrogens is 1. The van der Waals surface area contributed by atoms with Gasteiger partial charge in [-0.2, -0.15) is 0 Å². The van der Waals surface area contributed by atoms with Crippen LogP contribution in [0.3, 0.4) is 0 Å². The van der Waals surface area contributed by atoms with Gasteiger partial charge in [-0.25, -0.2) is 0 Å². The molecule has 1 atom stereocenters. The highest BCUT2D eigenvalue weighted by atomic mass is 16.3. The number of benzene rings is 1. The molecule has 2 aromatic rings. The van der Waals surface area contributed by atoms with Crippen molar-refractivity contribution in [1.82, 2.24) is 10.3 Å². The molecular formula is C24H30N4O2. The van der Waals surface area contributed by atoms with Gasteiger partial charge in [0.05, 0.1) is 18.0 Å². The number of nitrogens with zero attached hydrogens (tertiary/aromatic N) is 1. The summed E-state index contributed by atoms with van der Waals surface area (Å²) in [5, 5.41) is 15.6. The van der Waals surface area contributed by atoms with Crippen molar-refractivity contribution in [3.8, 4) is 0 Å². The van der Waals surface area contributed by atoms with Gasteiger partial charge in [-0.15, -0.1) is 0 Å². The van der Waals surface area contributed by atoms with Gasteiger partial charge < -0.3 is 20.7 Å². The molecule has 6 heteroatoms. The number of nitrogens with one attached hydrogen (secondary N) is 3. The second-order valence-electron chi connectivity index (χ2n) is 6.92. The Morgan fingerprint density at radius 3 is 2.60 bits per heavy atom. The molecule has 0 aliphatic heterocycles. The number of rotatable bonds is 10. The van der Waals surface area contributed by atoms with Gasteiger partial charge in [-0.05, 0) is 61.7 Å². The highest BCUT2D eigenvalue weighted by Gasteiger charge is 2.06. The largest absolute Gasteiger partial charge is 0.395 e. The average Bonchev–Trinajstić information content (AvgIpc) is 2.75. The molecule has 2 rings (SSSR count). The molecule has 0 aliphatic rings. The molecule has 1 aromatic heterocycles. The lowest BCUT2D eigenvalue weighted by Gasteiger charge is -2.15. The minimum absolute atomic E-state index is 0.115. The SMILES string of the molecule is C=C/N=C(C)/C(=C\C=C(/C)c1cc[nH]c(=O)c1)Nc1ccc(C(C)NCCO)cc1. The number of aliphatic imine (C=N–C) groups is 1. The number of allylic oxidation sites excluding steroid dienone is 4. The van der Waals surface area contributed by atoms with Crippen molar-refractivity contribution in [1.29, 1.82) is 0 Å². The molecule has 0 spiro atoms. The molecule has 0 fully saturated rings. The minimum Gasteiger partial charge on any atom is -0.395 e. The van der Waals surface area contributed by atoms with Gasteiger partial charge in [0.25, 0.3) is 0 Å². The Kier molecular flexibility index (Phi) is 9.00. The Balaban J connectivity index is 2.24. The van der Waals surface area contributed by atoms with E-state index in [4.69, 9.17) is 5.11 Å². The summed E-state index contributed by atoms with van der Waals surface area (Å²) in [4.78, 5) is 18.5. The number of aliphatic hydroxyl groups excluding tert-OH is 1. The lowest BCUT2D eigenvalue weighted by molar-refractivity contribution is 0.286. The van der Waals surface area contributed by atoms with Crippen LogP contribution >= 0.6 is 0 Å². The van der Waals surface area contributed by atoms with Crippen LogP contribution in [0.1, 0.15) is 37.9 Å². The van der Waals surface area contributed by atoms with E-state index >= 15 is 0 Å². The number of aromatic amines is 1. The zero-order chi connectivity index (χ0) is 21.9. The summed E-state index contributed by atoms with van der Waals surface area (Å²) >= 11 is 0. The Morgan fingerprint density at radius 1 is 1.23 bits per heavy atom. The maximum atomic E-state index is 11.5. The number of pyridine rings is 1. The highest BCUT2D eigenvalue weighted by Crippen LogP contribution is 2.18. The van der Waals surface area contributed by atoms with Crippen LogP contribution < -0.4 is 16.2 Å². The lowest BCUT2D eigenvalue weighted by atomic mass is 10.1. The van der Waals surface area contributed by atoms with Gasteiger partial charge in [0.1, 0.15) is 0 Å². The van der Waals surface area contributed by atoms with Crippen LogP contribution in [0.5, 0.6) is 0 Å². The van der Waals surface area contributed by atoms with Gasteiger partial charge in [-0.3, -0.25) is 9.79 Å². The van der Waals surface area contributed by atoms with E-state index in [9.17, 15) is 4.79 Å². The summed E-state index contributed by atoms with van der Waals surface area (Å²) < 4.78 is 0. The van der Waals surface area contributed by atoms with E-state index in [2.05, 4.69) is 34.1 Å². The van der Waals surface area contributed by atoms with Crippen LogP contribution in [0.15, 0.2) is 83.0 Å². The molecule has 6 nitrogen and oxygen atoms in total. The second-order valence-corrected chi connectivity index (χ2v) is 6.92. The molecule has 1 unspecified atom stereocenters. The van der Waals surface area contributed by atoms with Crippen LogP contribution in [0.4, 0.5) is 5.69 Å². The zero-order valence-corrected chi connectivity index (χ0v) is 17.8. The van der Waals surface area contributed by atoms with E-state index in [1.54, 1.807) is 12.3 Å². The van der Waals surface area contributed by atoms with Crippen LogP contribution in [0.25, 0.3) is 5.57 Å². The summed E-state index contributed by atoms with van der Waals surface area (Å²) in [7, 11) is 0. The van der Waals surface area contributed by atoms with Crippen LogP contribution in [-0.4, -0.2) is 29.0 Å². The first-order valence-corrected chi connectivity index (χ1v) is 9.89. The molecule has 4 N–H and O–H groups in total. The topological polar surface area (TPSA) is 89.5 Å². The monoisotopic (exact) mass is 406 g/mol. The number of hydrogen-bond donors (Lipinski definition) is 4. The Morgan fingerprint density at radius 2 is 1.97 bits per heavy atom. The predicted octanol–water partition coefficient (Wildman–Crippen LogP) is 4.02. The Bertz CT molecular complexity index is 985. The van der Waals surface area contributed by atoms with Crippen LogP contribution in [0.2, 0.25) is 0 Å². The van der Waals surface area contributed by atoms with Crippen molar-refractivity contribution in [2.75, 3.05) is 18.5 Å². The maximum absolute atomic E-state index is 11.5. The van der Waals surface area contributed by atoms with Gasteiger partial charge in [-0.1, -0.05) is 24.8 Å². The fourth-order valence-electron chi connectivity index (χ4n) is 2.86. The third kappa shape index (κ3) is 6.99. The number of anilines is 1. The molecule has 0 bridgehead atoms. The van der Waals surface area contributed by atoms with Crippen molar-refractivity contribution >= 4 is 17.0 Å². The van der Waals surface area contributed by atoms with Gasteiger partial charge in [0.15, 0.2) is 0 Å². The van der Waals surface area contributed by atoms with Gasteiger partial charge >= 0.3 is 0 Å². The quantitative estimate of drug-likeness (QED) is 0.354. The molecule has 0 amide bonds. The van der Waals surface area contributed by atoms with E-state index < -0.39 is 0 Å². The molecule has 0 aliphatic carbocycles. The number of aliphatic hydroxyl groups is 1. The molecule has 0 saturated carbocycles. The molecule has 1 aromatic carbocycles. The first-order valence-electron chi connectivity index (χ1n) is 9.89. The van der Waals surface area contributed by atoms with Gasteiger partial charge in [0, 0.05) is 36.7 Å². The fraction of sp³-hybridized carbons (Fsp3) is 0.250. The van der Waals surface area contributed by atoms with Crippen LogP contribution in [-0.2, 0) is 0 Å². The Labute approximate surface area is 177 Å². The summed E-state index contributed by atoms with van der Waals surface area (Å²) in [6.45, 7) is 10.3.